The molecule has 2 aromatic rings. The van der Waals surface area contributed by atoms with Crippen molar-refractivity contribution in [3.05, 3.63) is 47.0 Å². The Balaban J connectivity index is 1.91. The van der Waals surface area contributed by atoms with Gasteiger partial charge in [-0.15, -0.1) is 5.10 Å². The molecule has 0 aliphatic carbocycles. The Hall–Kier alpha value is -2.63. The molecule has 0 saturated carbocycles. The normalized spacial score (nSPS) is 16.4. The van der Waals surface area contributed by atoms with Crippen molar-refractivity contribution in [3.8, 4) is 5.75 Å². The lowest BCUT2D eigenvalue weighted by molar-refractivity contribution is -0.109. The lowest BCUT2D eigenvalue weighted by Gasteiger charge is -2.24. The third-order valence-electron chi connectivity index (χ3n) is 5.77. The van der Waals surface area contributed by atoms with E-state index in [0.29, 0.717) is 18.4 Å². The van der Waals surface area contributed by atoms with E-state index in [0.717, 1.165) is 47.7 Å². The zero-order chi connectivity index (χ0) is 21.5. The van der Waals surface area contributed by atoms with E-state index < -0.39 is 6.04 Å². The number of imidazole rings is 1. The molecule has 1 aromatic carbocycles. The molecule has 6 nitrogen and oxygen atoms in total. The van der Waals surface area contributed by atoms with Gasteiger partial charge in [0.05, 0.1) is 18.0 Å². The topological polar surface area (TPSA) is 68.5 Å². The molecular formula is C24H34N4O2. The Kier molecular flexibility index (Phi) is 7.66. The van der Waals surface area contributed by atoms with Gasteiger partial charge in [-0.3, -0.25) is 0 Å². The van der Waals surface area contributed by atoms with E-state index in [1.165, 1.54) is 25.7 Å². The molecule has 0 fully saturated rings. The van der Waals surface area contributed by atoms with E-state index in [1.807, 2.05) is 42.8 Å². The van der Waals surface area contributed by atoms with Crippen LogP contribution in [0.15, 0.2) is 29.4 Å². The maximum Gasteiger partial charge on any atom is 0.155 e. The molecule has 0 spiro atoms. The van der Waals surface area contributed by atoms with Crippen LogP contribution < -0.4 is 10.1 Å². The molecule has 30 heavy (non-hydrogen) atoms. The first-order valence-electron chi connectivity index (χ1n) is 11.2. The molecule has 6 heteroatoms. The number of carbonyl (C=O) groups excluding carboxylic acids is 1. The fraction of sp³-hybridized carbons (Fsp3) is 0.542. The second-order valence-electron chi connectivity index (χ2n) is 7.95. The van der Waals surface area contributed by atoms with Gasteiger partial charge in [0, 0.05) is 12.0 Å². The summed E-state index contributed by atoms with van der Waals surface area (Å²) in [5.74, 6) is 3.03. The summed E-state index contributed by atoms with van der Waals surface area (Å²) in [6, 6.07) is 7.33. The molecule has 1 aliphatic rings. The van der Waals surface area contributed by atoms with Gasteiger partial charge in [-0.2, -0.15) is 0 Å². The smallest absolute Gasteiger partial charge is 0.155 e. The summed E-state index contributed by atoms with van der Waals surface area (Å²) in [7, 11) is 0. The summed E-state index contributed by atoms with van der Waals surface area (Å²) in [6.07, 6.45) is 7.90. The summed E-state index contributed by atoms with van der Waals surface area (Å²) >= 11 is 0. The average molecular weight is 411 g/mol. The summed E-state index contributed by atoms with van der Waals surface area (Å²) in [5.41, 5.74) is 2.63. The van der Waals surface area contributed by atoms with Gasteiger partial charge in [-0.1, -0.05) is 46.0 Å². The van der Waals surface area contributed by atoms with Crippen molar-refractivity contribution in [1.29, 1.82) is 0 Å². The lowest BCUT2D eigenvalue weighted by atomic mass is 9.95. The zero-order valence-electron chi connectivity index (χ0n) is 18.6. The average Bonchev–Trinajstić information content (AvgIpc) is 3.08. The number of amidine groups is 1. The molecule has 162 valence electrons. The Bertz CT molecular complexity index is 870. The van der Waals surface area contributed by atoms with Crippen molar-refractivity contribution in [3.63, 3.8) is 0 Å². The van der Waals surface area contributed by atoms with Gasteiger partial charge >= 0.3 is 0 Å². The van der Waals surface area contributed by atoms with E-state index in [-0.39, 0.29) is 0 Å². The predicted octanol–water partition coefficient (Wildman–Crippen LogP) is 4.79. The van der Waals surface area contributed by atoms with Crippen molar-refractivity contribution in [2.24, 2.45) is 11.0 Å². The third-order valence-corrected chi connectivity index (χ3v) is 5.77. The fourth-order valence-corrected chi connectivity index (χ4v) is 4.04. The number of ether oxygens (including phenoxy) is 1. The summed E-state index contributed by atoms with van der Waals surface area (Å²) in [6.45, 7) is 9.03. The Morgan fingerprint density at radius 2 is 1.97 bits per heavy atom. The first-order chi connectivity index (χ1) is 14.6. The third kappa shape index (κ3) is 4.91. The molecule has 0 radical (unpaired) electrons. The van der Waals surface area contributed by atoms with Crippen molar-refractivity contribution in [2.45, 2.75) is 72.3 Å². The monoisotopic (exact) mass is 410 g/mol. The summed E-state index contributed by atoms with van der Waals surface area (Å²) in [4.78, 5) is 16.7. The lowest BCUT2D eigenvalue weighted by Crippen LogP contribution is -2.36. The molecule has 0 amide bonds. The summed E-state index contributed by atoms with van der Waals surface area (Å²) in [5, 5.41) is 8.12. The molecule has 1 N–H and O–H groups in total. The standard InChI is InChI=1S/C24H34N4O2/c1-5-8-9-10-18(6-2)15-22-25-17(4)23-21(16-29)26-24(27-28(22)23)19-11-13-20(14-12-19)30-7-3/h11-14,16,18,21H,5-10,15H2,1-4H3,(H,26,27). The highest BCUT2D eigenvalue weighted by Crippen LogP contribution is 2.27. The van der Waals surface area contributed by atoms with Crippen LogP contribution in [0.4, 0.5) is 0 Å². The Morgan fingerprint density at radius 3 is 2.60 bits per heavy atom. The second-order valence-corrected chi connectivity index (χ2v) is 7.95. The number of nitrogens with one attached hydrogen (secondary N) is 1. The number of carbonyl (C=O) groups is 1. The van der Waals surface area contributed by atoms with Crippen LogP contribution in [0.2, 0.25) is 0 Å². The molecule has 0 bridgehead atoms. The van der Waals surface area contributed by atoms with Crippen LogP contribution in [0.3, 0.4) is 0 Å². The van der Waals surface area contributed by atoms with Crippen LogP contribution in [-0.2, 0) is 11.2 Å². The number of hydrogen-bond acceptors (Lipinski definition) is 5. The van der Waals surface area contributed by atoms with Crippen LogP contribution in [0.5, 0.6) is 5.75 Å². The maximum atomic E-state index is 11.9. The second kappa shape index (κ2) is 10.4. The van der Waals surface area contributed by atoms with Crippen LogP contribution in [0, 0.1) is 12.8 Å². The number of aromatic nitrogens is 2. The minimum atomic E-state index is -0.453. The molecule has 0 saturated heterocycles. The van der Waals surface area contributed by atoms with E-state index in [9.17, 15) is 4.79 Å². The predicted molar refractivity (Wildman–Crippen MR) is 120 cm³/mol. The number of benzene rings is 1. The van der Waals surface area contributed by atoms with Crippen LogP contribution in [0.25, 0.3) is 0 Å². The van der Waals surface area contributed by atoms with E-state index in [2.05, 4.69) is 19.2 Å². The van der Waals surface area contributed by atoms with Gasteiger partial charge in [0.25, 0.3) is 0 Å². The van der Waals surface area contributed by atoms with E-state index in [1.54, 1.807) is 0 Å². The first-order valence-corrected chi connectivity index (χ1v) is 11.2. The van der Waals surface area contributed by atoms with Gasteiger partial charge in [0.2, 0.25) is 0 Å². The van der Waals surface area contributed by atoms with Crippen LogP contribution >= 0.6 is 0 Å². The minimum absolute atomic E-state index is 0.453. The Morgan fingerprint density at radius 1 is 1.20 bits per heavy atom. The quantitative estimate of drug-likeness (QED) is 0.427. The van der Waals surface area contributed by atoms with E-state index >= 15 is 0 Å². The van der Waals surface area contributed by atoms with Crippen molar-refractivity contribution in [1.82, 2.24) is 15.0 Å². The van der Waals surface area contributed by atoms with Gasteiger partial charge in [-0.25, -0.2) is 9.66 Å². The molecule has 1 aliphatic heterocycles. The highest BCUT2D eigenvalue weighted by Gasteiger charge is 2.28. The SMILES string of the molecule is CCCCCC(CC)Cc1nc(C)c2n1N=C(c1ccc(OCC)cc1)NC2C=O. The number of fused-ring (bicyclic) bond motifs is 1. The summed E-state index contributed by atoms with van der Waals surface area (Å²) < 4.78 is 7.44. The highest BCUT2D eigenvalue weighted by atomic mass is 16.5. The van der Waals surface area contributed by atoms with Gasteiger partial charge in [0.1, 0.15) is 23.9 Å². The minimum Gasteiger partial charge on any atom is -0.494 e. The van der Waals surface area contributed by atoms with Gasteiger partial charge in [-0.05, 0) is 44.0 Å². The van der Waals surface area contributed by atoms with Gasteiger partial charge in [0.15, 0.2) is 5.84 Å². The van der Waals surface area contributed by atoms with Crippen molar-refractivity contribution in [2.75, 3.05) is 6.61 Å². The van der Waals surface area contributed by atoms with Crippen molar-refractivity contribution < 1.29 is 9.53 Å². The Labute approximate surface area is 179 Å². The largest absolute Gasteiger partial charge is 0.494 e. The maximum absolute atomic E-state index is 11.9. The number of unbranched alkanes of at least 4 members (excludes halogenated alkanes) is 2. The number of aldehydes is 1. The van der Waals surface area contributed by atoms with Crippen LogP contribution in [-0.4, -0.2) is 28.4 Å². The van der Waals surface area contributed by atoms with Crippen LogP contribution in [0.1, 0.15) is 81.7 Å². The first kappa shape index (κ1) is 22.1. The molecule has 2 heterocycles. The molecule has 3 rings (SSSR count). The molecule has 2 unspecified atom stereocenters. The fourth-order valence-electron chi connectivity index (χ4n) is 4.04. The number of hydrogen-bond donors (Lipinski definition) is 1. The molecule has 2 atom stereocenters. The highest BCUT2D eigenvalue weighted by molar-refractivity contribution is 6.00. The number of rotatable bonds is 11. The molecule has 1 aromatic heterocycles. The number of nitrogens with zero attached hydrogens (tertiary/aromatic N) is 3. The zero-order valence-corrected chi connectivity index (χ0v) is 18.6. The van der Waals surface area contributed by atoms with Gasteiger partial charge < -0.3 is 14.8 Å². The number of aryl methyl sites for hydroxylation is 1. The van der Waals surface area contributed by atoms with Crippen molar-refractivity contribution >= 4 is 12.1 Å². The van der Waals surface area contributed by atoms with E-state index in [4.69, 9.17) is 14.8 Å². The molecular weight excluding hydrogens is 376 g/mol.